The topological polar surface area (TPSA) is 58.1 Å². The molecular weight excluding hydrogens is 320 g/mol. The number of hydrogen-bond donors (Lipinski definition) is 1. The minimum atomic E-state index is -0.143. The summed E-state index contributed by atoms with van der Waals surface area (Å²) in [5.74, 6) is -0.0382. The van der Waals surface area contributed by atoms with Gasteiger partial charge in [-0.15, -0.1) is 10.2 Å². The van der Waals surface area contributed by atoms with E-state index in [9.17, 15) is 4.79 Å². The first-order valence-corrected chi connectivity index (χ1v) is 8.48. The van der Waals surface area contributed by atoms with E-state index in [2.05, 4.69) is 20.4 Å². The second kappa shape index (κ2) is 6.73. The molecule has 1 aromatic heterocycles. The third-order valence-electron chi connectivity index (χ3n) is 3.83. The molecule has 2 heterocycles. The number of anilines is 1. The molecule has 1 saturated heterocycles. The van der Waals surface area contributed by atoms with Gasteiger partial charge in [-0.3, -0.25) is 15.0 Å². The molecule has 1 N–H and O–H groups in total. The second-order valence-corrected chi connectivity index (χ2v) is 6.69. The van der Waals surface area contributed by atoms with Crippen LogP contribution in [0, 0.1) is 0 Å². The van der Waals surface area contributed by atoms with Gasteiger partial charge in [-0.1, -0.05) is 41.1 Å². The van der Waals surface area contributed by atoms with E-state index < -0.39 is 0 Å². The molecule has 22 heavy (non-hydrogen) atoms. The second-order valence-electron chi connectivity index (χ2n) is 5.30. The number of nitrogens with one attached hydrogen (secondary N) is 1. The Bertz CT molecular complexity index is 669. The van der Waals surface area contributed by atoms with Gasteiger partial charge in [0, 0.05) is 5.56 Å². The number of rotatable bonds is 4. The van der Waals surface area contributed by atoms with E-state index >= 15 is 0 Å². The monoisotopic (exact) mass is 336 g/mol. The average molecular weight is 337 g/mol. The Labute approximate surface area is 138 Å². The summed E-state index contributed by atoms with van der Waals surface area (Å²) in [5, 5.41) is 12.8. The van der Waals surface area contributed by atoms with Crippen LogP contribution >= 0.6 is 22.9 Å². The van der Waals surface area contributed by atoms with Gasteiger partial charge in [-0.2, -0.15) is 0 Å². The van der Waals surface area contributed by atoms with Crippen LogP contribution in [0.25, 0.3) is 10.6 Å². The summed E-state index contributed by atoms with van der Waals surface area (Å²) in [4.78, 5) is 14.5. The lowest BCUT2D eigenvalue weighted by Gasteiger charge is -2.21. The number of carbonyl (C=O) groups excluding carboxylic acids is 1. The highest BCUT2D eigenvalue weighted by Gasteiger charge is 2.24. The summed E-state index contributed by atoms with van der Waals surface area (Å²) in [6.07, 6.45) is 2.32. The van der Waals surface area contributed by atoms with Crippen LogP contribution in [0.3, 0.4) is 0 Å². The molecule has 1 aliphatic heterocycles. The quantitative estimate of drug-likeness (QED) is 0.930. The molecule has 1 aliphatic rings. The van der Waals surface area contributed by atoms with Crippen molar-refractivity contribution >= 4 is 34.0 Å². The van der Waals surface area contributed by atoms with Gasteiger partial charge >= 0.3 is 0 Å². The van der Waals surface area contributed by atoms with E-state index in [-0.39, 0.29) is 11.9 Å². The van der Waals surface area contributed by atoms with Crippen molar-refractivity contribution in [3.8, 4) is 10.6 Å². The molecular formula is C15H17ClN4OS. The lowest BCUT2D eigenvalue weighted by molar-refractivity contribution is -0.120. The van der Waals surface area contributed by atoms with Gasteiger partial charge < -0.3 is 0 Å². The Kier molecular flexibility index (Phi) is 4.71. The summed E-state index contributed by atoms with van der Waals surface area (Å²) in [6.45, 7) is 3.89. The first-order chi connectivity index (χ1) is 10.6. The lowest BCUT2D eigenvalue weighted by atomic mass is 10.2. The summed E-state index contributed by atoms with van der Waals surface area (Å²) in [6, 6.07) is 7.33. The number of nitrogens with zero attached hydrogens (tertiary/aromatic N) is 3. The summed E-state index contributed by atoms with van der Waals surface area (Å²) < 4.78 is 0. The SMILES string of the molecule is CC(C(=O)Nc1nnc(-c2ccccc2Cl)s1)N1CCCC1. The summed E-state index contributed by atoms with van der Waals surface area (Å²) >= 11 is 7.49. The van der Waals surface area contributed by atoms with Crippen molar-refractivity contribution in [2.75, 3.05) is 18.4 Å². The molecule has 1 amide bonds. The molecule has 7 heteroatoms. The smallest absolute Gasteiger partial charge is 0.243 e. The standard InChI is InChI=1S/C15H17ClN4OS/c1-10(20-8-4-5-9-20)13(21)17-15-19-18-14(22-15)11-6-2-3-7-12(11)16/h2-3,6-7,10H,4-5,8-9H2,1H3,(H,17,19,21). The van der Waals surface area contributed by atoms with E-state index in [1.807, 2.05) is 31.2 Å². The van der Waals surface area contributed by atoms with Crippen LogP contribution in [0.2, 0.25) is 5.02 Å². The number of carbonyl (C=O) groups is 1. The molecule has 1 unspecified atom stereocenters. The fourth-order valence-corrected chi connectivity index (χ4v) is 3.59. The normalized spacial score (nSPS) is 16.6. The van der Waals surface area contributed by atoms with Crippen molar-refractivity contribution in [3.63, 3.8) is 0 Å². The van der Waals surface area contributed by atoms with Crippen LogP contribution in [0.1, 0.15) is 19.8 Å². The summed E-state index contributed by atoms with van der Waals surface area (Å²) in [5.41, 5.74) is 0.828. The molecule has 1 aromatic carbocycles. The van der Waals surface area contributed by atoms with Crippen LogP contribution in [0.15, 0.2) is 24.3 Å². The van der Waals surface area contributed by atoms with Crippen LogP contribution in [0.5, 0.6) is 0 Å². The number of halogens is 1. The van der Waals surface area contributed by atoms with E-state index in [0.717, 1.165) is 31.5 Å². The molecule has 0 radical (unpaired) electrons. The molecule has 116 valence electrons. The third-order valence-corrected chi connectivity index (χ3v) is 5.03. The molecule has 2 aromatic rings. The van der Waals surface area contributed by atoms with Gasteiger partial charge in [0.1, 0.15) is 0 Å². The van der Waals surface area contributed by atoms with E-state index in [0.29, 0.717) is 15.2 Å². The highest BCUT2D eigenvalue weighted by Crippen LogP contribution is 2.31. The largest absolute Gasteiger partial charge is 0.299 e. The van der Waals surface area contributed by atoms with Gasteiger partial charge in [0.25, 0.3) is 0 Å². The Hall–Kier alpha value is -1.50. The zero-order valence-corrected chi connectivity index (χ0v) is 13.8. The third kappa shape index (κ3) is 3.29. The van der Waals surface area contributed by atoms with Crippen molar-refractivity contribution in [1.29, 1.82) is 0 Å². The summed E-state index contributed by atoms with van der Waals surface area (Å²) in [7, 11) is 0. The first-order valence-electron chi connectivity index (χ1n) is 7.28. The number of amides is 1. The zero-order valence-electron chi connectivity index (χ0n) is 12.3. The van der Waals surface area contributed by atoms with Crippen molar-refractivity contribution in [3.05, 3.63) is 29.3 Å². The molecule has 0 aliphatic carbocycles. The minimum absolute atomic E-state index is 0.0382. The van der Waals surface area contributed by atoms with Crippen LogP contribution in [-0.2, 0) is 4.79 Å². The predicted octanol–water partition coefficient (Wildman–Crippen LogP) is 3.28. The lowest BCUT2D eigenvalue weighted by Crippen LogP contribution is -2.40. The average Bonchev–Trinajstić information content (AvgIpc) is 3.18. The number of benzene rings is 1. The molecule has 0 saturated carbocycles. The molecule has 0 bridgehead atoms. The molecule has 1 fully saturated rings. The van der Waals surface area contributed by atoms with Gasteiger partial charge in [-0.05, 0) is 38.9 Å². The number of likely N-dealkylation sites (tertiary alicyclic amines) is 1. The minimum Gasteiger partial charge on any atom is -0.299 e. The molecule has 0 spiro atoms. The fraction of sp³-hybridized carbons (Fsp3) is 0.400. The maximum atomic E-state index is 12.3. The van der Waals surface area contributed by atoms with Crippen molar-refractivity contribution in [1.82, 2.24) is 15.1 Å². The first kappa shape index (κ1) is 15.4. The molecule has 5 nitrogen and oxygen atoms in total. The van der Waals surface area contributed by atoms with Crippen LogP contribution in [0.4, 0.5) is 5.13 Å². The van der Waals surface area contributed by atoms with Gasteiger partial charge in [0.15, 0.2) is 5.01 Å². The van der Waals surface area contributed by atoms with Crippen LogP contribution < -0.4 is 5.32 Å². The maximum absolute atomic E-state index is 12.3. The van der Waals surface area contributed by atoms with Crippen molar-refractivity contribution in [2.45, 2.75) is 25.8 Å². The van der Waals surface area contributed by atoms with Crippen molar-refractivity contribution < 1.29 is 4.79 Å². The zero-order chi connectivity index (χ0) is 15.5. The highest BCUT2D eigenvalue weighted by atomic mass is 35.5. The predicted molar refractivity (Wildman–Crippen MR) is 89.3 cm³/mol. The number of aromatic nitrogens is 2. The van der Waals surface area contributed by atoms with Gasteiger partial charge in [0.2, 0.25) is 11.0 Å². The molecule has 3 rings (SSSR count). The van der Waals surface area contributed by atoms with E-state index in [1.165, 1.54) is 11.3 Å². The number of hydrogen-bond acceptors (Lipinski definition) is 5. The van der Waals surface area contributed by atoms with Crippen LogP contribution in [-0.4, -0.2) is 40.1 Å². The Morgan fingerprint density at radius 1 is 1.32 bits per heavy atom. The van der Waals surface area contributed by atoms with Gasteiger partial charge in [0.05, 0.1) is 11.1 Å². The van der Waals surface area contributed by atoms with E-state index in [4.69, 9.17) is 11.6 Å². The Morgan fingerprint density at radius 3 is 2.77 bits per heavy atom. The maximum Gasteiger partial charge on any atom is 0.243 e. The fourth-order valence-electron chi connectivity index (χ4n) is 2.52. The Morgan fingerprint density at radius 2 is 2.05 bits per heavy atom. The van der Waals surface area contributed by atoms with Gasteiger partial charge in [-0.25, -0.2) is 0 Å². The van der Waals surface area contributed by atoms with E-state index in [1.54, 1.807) is 0 Å². The molecule has 1 atom stereocenters. The highest BCUT2D eigenvalue weighted by molar-refractivity contribution is 7.18. The Balaban J connectivity index is 1.69. The van der Waals surface area contributed by atoms with Crippen molar-refractivity contribution in [2.24, 2.45) is 0 Å².